The average molecular weight is 270 g/mol. The lowest BCUT2D eigenvalue weighted by molar-refractivity contribution is -0.384. The van der Waals surface area contributed by atoms with Crippen molar-refractivity contribution in [1.82, 2.24) is 4.98 Å². The monoisotopic (exact) mass is 270 g/mol. The fraction of sp³-hybridized carbons (Fsp3) is 0.500. The number of rotatable bonds is 3. The van der Waals surface area contributed by atoms with Gasteiger partial charge >= 0.3 is 5.69 Å². The van der Waals surface area contributed by atoms with Crippen LogP contribution in [0.5, 0.6) is 0 Å². The first-order valence-corrected chi connectivity index (χ1v) is 7.07. The summed E-state index contributed by atoms with van der Waals surface area (Å²) in [6, 6.07) is 3.09. The zero-order chi connectivity index (χ0) is 13.1. The molecule has 0 radical (unpaired) electrons. The van der Waals surface area contributed by atoms with Gasteiger partial charge in [-0.2, -0.15) is 0 Å². The van der Waals surface area contributed by atoms with Gasteiger partial charge in [-0.25, -0.2) is 4.98 Å². The smallest absolute Gasteiger partial charge is 0.311 e. The molecule has 0 unspecified atom stereocenters. The normalized spacial score (nSPS) is 23.6. The Hall–Kier alpha value is -1.70. The number of hydrogen-bond donors (Lipinski definition) is 2. The van der Waals surface area contributed by atoms with Crippen LogP contribution in [0.15, 0.2) is 12.1 Å². The molecular weight excluding hydrogens is 256 g/mol. The summed E-state index contributed by atoms with van der Waals surface area (Å²) in [6.07, 6.45) is 1.62. The van der Waals surface area contributed by atoms with Crippen LogP contribution in [0.3, 0.4) is 0 Å². The quantitative estimate of drug-likeness (QED) is 0.623. The van der Waals surface area contributed by atoms with Gasteiger partial charge in [-0.1, -0.05) is 0 Å². The predicted octanol–water partition coefficient (Wildman–Crippen LogP) is 0.895. The van der Waals surface area contributed by atoms with Crippen LogP contribution in [0.2, 0.25) is 0 Å². The summed E-state index contributed by atoms with van der Waals surface area (Å²) in [5, 5.41) is 13.8. The fourth-order valence-corrected chi connectivity index (χ4v) is 3.15. The molecule has 1 fully saturated rings. The third-order valence-electron chi connectivity index (χ3n) is 2.84. The molecule has 8 heteroatoms. The molecule has 3 N–H and O–H groups in total. The number of nitrogen functional groups attached to an aromatic ring is 1. The lowest BCUT2D eigenvalue weighted by Gasteiger charge is -2.22. The molecule has 2 heterocycles. The van der Waals surface area contributed by atoms with Gasteiger partial charge in [0.1, 0.15) is 5.82 Å². The van der Waals surface area contributed by atoms with Crippen LogP contribution in [0.1, 0.15) is 12.8 Å². The highest BCUT2D eigenvalue weighted by Crippen LogP contribution is 2.22. The maximum atomic E-state index is 11.2. The minimum atomic E-state index is -0.708. The molecule has 18 heavy (non-hydrogen) atoms. The summed E-state index contributed by atoms with van der Waals surface area (Å²) in [5.41, 5.74) is 5.32. The van der Waals surface area contributed by atoms with Crippen molar-refractivity contribution in [3.05, 3.63) is 22.2 Å². The number of aromatic nitrogens is 1. The lowest BCUT2D eigenvalue weighted by atomic mass is 10.1. The van der Waals surface area contributed by atoms with E-state index >= 15 is 0 Å². The van der Waals surface area contributed by atoms with Crippen molar-refractivity contribution in [2.75, 3.05) is 22.6 Å². The molecule has 1 aliphatic heterocycles. The predicted molar refractivity (Wildman–Crippen MR) is 69.8 cm³/mol. The van der Waals surface area contributed by atoms with Gasteiger partial charge in [0.05, 0.1) is 4.92 Å². The molecule has 7 nitrogen and oxygen atoms in total. The molecule has 0 aliphatic carbocycles. The Kier molecular flexibility index (Phi) is 3.75. The lowest BCUT2D eigenvalue weighted by Crippen LogP contribution is -2.29. The van der Waals surface area contributed by atoms with Crippen LogP contribution < -0.4 is 11.1 Å². The largest absolute Gasteiger partial charge is 0.378 e. The highest BCUT2D eigenvalue weighted by molar-refractivity contribution is 7.85. The van der Waals surface area contributed by atoms with Crippen LogP contribution in [0.25, 0.3) is 0 Å². The SMILES string of the molecule is Nc1nc(NC2CCS(=O)CC2)ccc1[N+](=O)[O-]. The van der Waals surface area contributed by atoms with Crippen molar-refractivity contribution in [2.45, 2.75) is 18.9 Å². The Labute approximate surface area is 106 Å². The van der Waals surface area contributed by atoms with E-state index in [2.05, 4.69) is 10.3 Å². The van der Waals surface area contributed by atoms with Gasteiger partial charge in [0.2, 0.25) is 5.82 Å². The van der Waals surface area contributed by atoms with E-state index in [1.54, 1.807) is 6.07 Å². The summed E-state index contributed by atoms with van der Waals surface area (Å²) in [6.45, 7) is 0. The Bertz CT molecular complexity index is 484. The van der Waals surface area contributed by atoms with Crippen LogP contribution in [0.4, 0.5) is 17.3 Å². The molecule has 0 atom stereocenters. The zero-order valence-corrected chi connectivity index (χ0v) is 10.5. The second kappa shape index (κ2) is 5.30. The van der Waals surface area contributed by atoms with Crippen molar-refractivity contribution >= 4 is 28.1 Å². The molecule has 98 valence electrons. The highest BCUT2D eigenvalue weighted by Gasteiger charge is 2.19. The van der Waals surface area contributed by atoms with Gasteiger partial charge in [-0.3, -0.25) is 14.3 Å². The van der Waals surface area contributed by atoms with E-state index in [0.717, 1.165) is 12.8 Å². The number of nitro groups is 1. The third kappa shape index (κ3) is 2.95. The fourth-order valence-electron chi connectivity index (χ4n) is 1.85. The number of nitrogens with zero attached hydrogens (tertiary/aromatic N) is 2. The van der Waals surface area contributed by atoms with Crippen LogP contribution >= 0.6 is 0 Å². The molecule has 0 bridgehead atoms. The number of pyridine rings is 1. The summed E-state index contributed by atoms with van der Waals surface area (Å²) < 4.78 is 11.2. The molecule has 1 aliphatic rings. The van der Waals surface area contributed by atoms with E-state index in [1.807, 2.05) is 0 Å². The van der Waals surface area contributed by atoms with Crippen molar-refractivity contribution in [2.24, 2.45) is 0 Å². The van der Waals surface area contributed by atoms with Crippen molar-refractivity contribution < 1.29 is 9.13 Å². The van der Waals surface area contributed by atoms with Gasteiger partial charge < -0.3 is 11.1 Å². The summed E-state index contributed by atoms with van der Waals surface area (Å²) in [5.74, 6) is 1.79. The van der Waals surface area contributed by atoms with Gasteiger partial charge in [0, 0.05) is 34.4 Å². The number of nitrogens with one attached hydrogen (secondary N) is 1. The molecule has 1 aromatic rings. The van der Waals surface area contributed by atoms with E-state index in [0.29, 0.717) is 17.3 Å². The first kappa shape index (κ1) is 12.7. The first-order chi connectivity index (χ1) is 8.56. The molecule has 0 spiro atoms. The van der Waals surface area contributed by atoms with E-state index in [1.165, 1.54) is 6.07 Å². The Morgan fingerprint density at radius 1 is 1.44 bits per heavy atom. The number of nitrogens with two attached hydrogens (primary N) is 1. The van der Waals surface area contributed by atoms with E-state index in [-0.39, 0.29) is 17.5 Å². The molecular formula is C10H14N4O3S. The van der Waals surface area contributed by atoms with Crippen LogP contribution in [0, 0.1) is 10.1 Å². The van der Waals surface area contributed by atoms with Gasteiger partial charge in [-0.15, -0.1) is 0 Å². The van der Waals surface area contributed by atoms with Gasteiger partial charge in [0.25, 0.3) is 0 Å². The summed E-state index contributed by atoms with van der Waals surface area (Å²) in [4.78, 5) is 14.0. The van der Waals surface area contributed by atoms with Crippen LogP contribution in [-0.4, -0.2) is 31.7 Å². The first-order valence-electron chi connectivity index (χ1n) is 5.58. The summed E-state index contributed by atoms with van der Waals surface area (Å²) >= 11 is 0. The average Bonchev–Trinajstić information content (AvgIpc) is 2.32. The molecule has 0 saturated carbocycles. The minimum absolute atomic E-state index is 0.0932. The Morgan fingerprint density at radius 2 is 2.11 bits per heavy atom. The van der Waals surface area contributed by atoms with E-state index in [4.69, 9.17) is 5.73 Å². The van der Waals surface area contributed by atoms with Gasteiger partial charge in [-0.05, 0) is 18.9 Å². The molecule has 0 amide bonds. The second-order valence-corrected chi connectivity index (χ2v) is 5.82. The number of anilines is 2. The molecule has 2 rings (SSSR count). The zero-order valence-electron chi connectivity index (χ0n) is 9.67. The summed E-state index contributed by atoms with van der Waals surface area (Å²) in [7, 11) is -0.708. The third-order valence-corrected chi connectivity index (χ3v) is 4.22. The number of hydrogen-bond acceptors (Lipinski definition) is 6. The Morgan fingerprint density at radius 3 is 2.67 bits per heavy atom. The second-order valence-electron chi connectivity index (χ2n) is 4.12. The maximum absolute atomic E-state index is 11.2. The van der Waals surface area contributed by atoms with E-state index in [9.17, 15) is 14.3 Å². The standard InChI is InChI=1S/C10H14N4O3S/c11-10-8(14(15)16)1-2-9(13-10)12-7-3-5-18(17)6-4-7/h1-2,7H,3-6H2,(H3,11,12,13). The van der Waals surface area contributed by atoms with Crippen molar-refractivity contribution in [3.63, 3.8) is 0 Å². The molecule has 1 saturated heterocycles. The van der Waals surface area contributed by atoms with Gasteiger partial charge in [0.15, 0.2) is 0 Å². The topological polar surface area (TPSA) is 111 Å². The minimum Gasteiger partial charge on any atom is -0.378 e. The van der Waals surface area contributed by atoms with Crippen molar-refractivity contribution in [1.29, 1.82) is 0 Å². The maximum Gasteiger partial charge on any atom is 0.311 e. The van der Waals surface area contributed by atoms with Crippen LogP contribution in [-0.2, 0) is 10.8 Å². The van der Waals surface area contributed by atoms with Crippen molar-refractivity contribution in [3.8, 4) is 0 Å². The molecule has 1 aromatic heterocycles. The molecule has 0 aromatic carbocycles. The van der Waals surface area contributed by atoms with E-state index < -0.39 is 15.7 Å². The highest BCUT2D eigenvalue weighted by atomic mass is 32.2. The Balaban J connectivity index is 2.04.